The summed E-state index contributed by atoms with van der Waals surface area (Å²) in [6, 6.07) is 11.3. The average Bonchev–Trinajstić information content (AvgIpc) is 3.17. The summed E-state index contributed by atoms with van der Waals surface area (Å²) < 4.78 is 4.31. The number of hydrogen-bond acceptors (Lipinski definition) is 4. The van der Waals surface area contributed by atoms with Crippen LogP contribution in [0.2, 0.25) is 0 Å². The molecule has 1 saturated carbocycles. The van der Waals surface area contributed by atoms with Gasteiger partial charge in [-0.3, -0.25) is 4.90 Å². The fourth-order valence-electron chi connectivity index (χ4n) is 4.49. The van der Waals surface area contributed by atoms with E-state index in [9.17, 15) is 0 Å². The van der Waals surface area contributed by atoms with Crippen LogP contribution >= 0.6 is 0 Å². The SMILES string of the molecule is c1cnc2c(c1)cnn2-c1ccc2c(c1)nc1n2CCN(C2CCC2)CC1. The minimum Gasteiger partial charge on any atom is -0.327 e. The number of aromatic nitrogens is 5. The lowest BCUT2D eigenvalue weighted by Crippen LogP contribution is -2.41. The molecule has 1 aliphatic heterocycles. The number of pyridine rings is 1. The maximum atomic E-state index is 4.98. The van der Waals surface area contributed by atoms with Gasteiger partial charge in [0.25, 0.3) is 0 Å². The molecule has 2 aliphatic rings. The van der Waals surface area contributed by atoms with E-state index in [0.717, 1.165) is 54.3 Å². The highest BCUT2D eigenvalue weighted by Gasteiger charge is 2.27. The zero-order valence-corrected chi connectivity index (χ0v) is 15.3. The Morgan fingerprint density at radius 2 is 2.00 bits per heavy atom. The van der Waals surface area contributed by atoms with Gasteiger partial charge >= 0.3 is 0 Å². The maximum Gasteiger partial charge on any atom is 0.162 e. The maximum absolute atomic E-state index is 4.98. The Morgan fingerprint density at radius 1 is 1.04 bits per heavy atom. The van der Waals surface area contributed by atoms with E-state index < -0.39 is 0 Å². The van der Waals surface area contributed by atoms with Crippen LogP contribution in [0.1, 0.15) is 25.1 Å². The van der Waals surface area contributed by atoms with Gasteiger partial charge in [0, 0.05) is 43.7 Å². The van der Waals surface area contributed by atoms with Crippen molar-refractivity contribution in [2.24, 2.45) is 0 Å². The van der Waals surface area contributed by atoms with E-state index >= 15 is 0 Å². The largest absolute Gasteiger partial charge is 0.327 e. The van der Waals surface area contributed by atoms with Gasteiger partial charge in [-0.05, 0) is 43.2 Å². The standard InChI is InChI=1S/C21H22N6/c1-4-16(5-1)25-10-8-20-24-18-13-17(6-7-19(18)26(20)12-11-25)27-21-15(14-23-27)3-2-9-22-21/h2-3,6-7,9,13-14,16H,1,4-5,8,10-12H2. The Bertz CT molecular complexity index is 1140. The van der Waals surface area contributed by atoms with Crippen LogP contribution < -0.4 is 0 Å². The van der Waals surface area contributed by atoms with Crippen molar-refractivity contribution in [2.75, 3.05) is 13.1 Å². The van der Waals surface area contributed by atoms with Gasteiger partial charge in [0.15, 0.2) is 5.65 Å². The number of fused-ring (bicyclic) bond motifs is 4. The van der Waals surface area contributed by atoms with Crippen LogP contribution in [0.15, 0.2) is 42.7 Å². The molecule has 27 heavy (non-hydrogen) atoms. The molecule has 0 N–H and O–H groups in total. The van der Waals surface area contributed by atoms with Crippen LogP contribution in [-0.2, 0) is 13.0 Å². The van der Waals surface area contributed by atoms with Gasteiger partial charge in [0.1, 0.15) is 5.82 Å². The number of rotatable bonds is 2. The highest BCUT2D eigenvalue weighted by Crippen LogP contribution is 2.28. The molecule has 1 aromatic carbocycles. The third-order valence-corrected chi connectivity index (χ3v) is 6.21. The summed E-state index contributed by atoms with van der Waals surface area (Å²) in [6.45, 7) is 3.31. The lowest BCUT2D eigenvalue weighted by molar-refractivity contribution is 0.130. The van der Waals surface area contributed by atoms with Crippen molar-refractivity contribution in [1.29, 1.82) is 0 Å². The van der Waals surface area contributed by atoms with Gasteiger partial charge in [0.2, 0.25) is 0 Å². The Morgan fingerprint density at radius 3 is 2.89 bits per heavy atom. The summed E-state index contributed by atoms with van der Waals surface area (Å²) >= 11 is 0. The first kappa shape index (κ1) is 15.3. The summed E-state index contributed by atoms with van der Waals surface area (Å²) in [4.78, 5) is 12.1. The molecule has 0 saturated heterocycles. The number of hydrogen-bond donors (Lipinski definition) is 0. The molecule has 1 aliphatic carbocycles. The third-order valence-electron chi connectivity index (χ3n) is 6.21. The summed E-state index contributed by atoms with van der Waals surface area (Å²) in [5.41, 5.74) is 4.18. The van der Waals surface area contributed by atoms with Crippen LogP contribution in [0.25, 0.3) is 27.8 Å². The molecule has 4 aromatic rings. The zero-order chi connectivity index (χ0) is 17.8. The minimum atomic E-state index is 0.813. The Kier molecular flexibility index (Phi) is 3.35. The fourth-order valence-corrected chi connectivity index (χ4v) is 4.49. The number of nitrogens with zero attached hydrogens (tertiary/aromatic N) is 6. The first-order chi connectivity index (χ1) is 13.4. The van der Waals surface area contributed by atoms with Gasteiger partial charge in [0.05, 0.1) is 22.9 Å². The lowest BCUT2D eigenvalue weighted by atomic mass is 9.91. The second kappa shape index (κ2) is 5.89. The second-order valence-electron chi connectivity index (χ2n) is 7.70. The molecule has 0 atom stereocenters. The molecule has 1 fully saturated rings. The molecule has 0 spiro atoms. The zero-order valence-electron chi connectivity index (χ0n) is 15.3. The van der Waals surface area contributed by atoms with Crippen molar-refractivity contribution >= 4 is 22.1 Å². The summed E-state index contributed by atoms with van der Waals surface area (Å²) in [6.07, 6.45) is 8.85. The van der Waals surface area contributed by atoms with Crippen molar-refractivity contribution in [3.05, 3.63) is 48.5 Å². The highest BCUT2D eigenvalue weighted by atomic mass is 15.3. The molecule has 3 aromatic heterocycles. The number of imidazole rings is 1. The molecule has 0 bridgehead atoms. The number of benzene rings is 1. The van der Waals surface area contributed by atoms with Crippen LogP contribution in [0.3, 0.4) is 0 Å². The smallest absolute Gasteiger partial charge is 0.162 e. The van der Waals surface area contributed by atoms with E-state index in [-0.39, 0.29) is 0 Å². The van der Waals surface area contributed by atoms with Gasteiger partial charge in [-0.1, -0.05) is 6.42 Å². The highest BCUT2D eigenvalue weighted by molar-refractivity contribution is 5.81. The lowest BCUT2D eigenvalue weighted by Gasteiger charge is -2.36. The molecular formula is C21H22N6. The van der Waals surface area contributed by atoms with Crippen LogP contribution in [0, 0.1) is 0 Å². The van der Waals surface area contributed by atoms with Crippen LogP contribution in [0.4, 0.5) is 0 Å². The molecular weight excluding hydrogens is 336 g/mol. The fraction of sp³-hybridized carbons (Fsp3) is 0.381. The van der Waals surface area contributed by atoms with Gasteiger partial charge in [-0.15, -0.1) is 0 Å². The van der Waals surface area contributed by atoms with Crippen molar-refractivity contribution in [2.45, 2.75) is 38.3 Å². The first-order valence-electron chi connectivity index (χ1n) is 9.89. The molecule has 0 amide bonds. The van der Waals surface area contributed by atoms with E-state index in [4.69, 9.17) is 4.98 Å². The van der Waals surface area contributed by atoms with Crippen molar-refractivity contribution in [3.8, 4) is 5.69 Å². The van der Waals surface area contributed by atoms with E-state index in [1.54, 1.807) is 0 Å². The minimum absolute atomic E-state index is 0.813. The predicted octanol–water partition coefficient (Wildman–Crippen LogP) is 3.18. The van der Waals surface area contributed by atoms with E-state index in [1.165, 1.54) is 30.6 Å². The molecule has 6 nitrogen and oxygen atoms in total. The van der Waals surface area contributed by atoms with Crippen molar-refractivity contribution in [1.82, 2.24) is 29.2 Å². The molecule has 0 radical (unpaired) electrons. The average molecular weight is 358 g/mol. The second-order valence-corrected chi connectivity index (χ2v) is 7.70. The molecule has 6 heteroatoms. The van der Waals surface area contributed by atoms with Crippen molar-refractivity contribution < 1.29 is 0 Å². The molecule has 136 valence electrons. The summed E-state index contributed by atoms with van der Waals surface area (Å²) in [5.74, 6) is 1.22. The quantitative estimate of drug-likeness (QED) is 0.552. The normalized spacial score (nSPS) is 18.5. The monoisotopic (exact) mass is 358 g/mol. The molecule has 0 unspecified atom stereocenters. The van der Waals surface area contributed by atoms with Gasteiger partial charge in [-0.2, -0.15) is 5.10 Å². The summed E-state index contributed by atoms with van der Waals surface area (Å²) in [7, 11) is 0. The Balaban J connectivity index is 1.37. The van der Waals surface area contributed by atoms with Gasteiger partial charge in [-0.25, -0.2) is 14.6 Å². The van der Waals surface area contributed by atoms with Crippen LogP contribution in [-0.4, -0.2) is 48.3 Å². The predicted molar refractivity (Wildman–Crippen MR) is 105 cm³/mol. The third kappa shape index (κ3) is 2.40. The Hall–Kier alpha value is -2.73. The topological polar surface area (TPSA) is 51.8 Å². The van der Waals surface area contributed by atoms with E-state index in [1.807, 2.05) is 29.2 Å². The van der Waals surface area contributed by atoms with Crippen LogP contribution in [0.5, 0.6) is 0 Å². The molecule has 6 rings (SSSR count). The summed E-state index contributed by atoms with van der Waals surface area (Å²) in [5, 5.41) is 5.58. The van der Waals surface area contributed by atoms with Gasteiger partial charge < -0.3 is 4.57 Å². The van der Waals surface area contributed by atoms with Crippen molar-refractivity contribution in [3.63, 3.8) is 0 Å². The molecule has 4 heterocycles. The van der Waals surface area contributed by atoms with E-state index in [2.05, 4.69) is 37.7 Å². The first-order valence-corrected chi connectivity index (χ1v) is 9.89. The van der Waals surface area contributed by atoms with E-state index in [0.29, 0.717) is 0 Å². The Labute approximate surface area is 157 Å².